The lowest BCUT2D eigenvalue weighted by atomic mass is 10.1. The van der Waals surface area contributed by atoms with Crippen molar-refractivity contribution in [2.75, 3.05) is 0 Å². The lowest BCUT2D eigenvalue weighted by Crippen LogP contribution is -2.37. The average Bonchev–Trinajstić information content (AvgIpc) is 2.62. The molecule has 1 heterocycles. The van der Waals surface area contributed by atoms with Gasteiger partial charge in [0.25, 0.3) is 5.69 Å². The molecule has 0 fully saturated rings. The Bertz CT molecular complexity index is 996. The van der Waals surface area contributed by atoms with E-state index in [1.165, 1.54) is 0 Å². The Labute approximate surface area is 154 Å². The van der Waals surface area contributed by atoms with Gasteiger partial charge in [0.2, 0.25) is 11.2 Å². The third-order valence-corrected chi connectivity index (χ3v) is 4.57. The fraction of sp³-hybridized carbons (Fsp3) is 0.0500. The minimum absolute atomic E-state index is 0.0552. The molecule has 0 radical (unpaired) electrons. The molecule has 1 aromatic heterocycles. The molecule has 0 aliphatic rings. The van der Waals surface area contributed by atoms with Crippen molar-refractivity contribution < 1.29 is 9.49 Å². The quantitative estimate of drug-likeness (QED) is 0.259. The monoisotopic (exact) mass is 395 g/mol. The third-order valence-electron chi connectivity index (χ3n) is 3.90. The second-order valence-corrected chi connectivity index (χ2v) is 6.37. The zero-order chi connectivity index (χ0) is 17.8. The first-order valence-corrected chi connectivity index (χ1v) is 8.54. The zero-order valence-corrected chi connectivity index (χ0v) is 15.0. The number of aromatic nitrogens is 1. The maximum atomic E-state index is 11.1. The van der Waals surface area contributed by atoms with Crippen LogP contribution < -0.4 is 4.57 Å². The largest absolute Gasteiger partial charge is 0.284 e. The Hall–Kier alpha value is -2.79. The van der Waals surface area contributed by atoms with Crippen LogP contribution in [0.5, 0.6) is 0 Å². The zero-order valence-electron chi connectivity index (χ0n) is 13.4. The van der Waals surface area contributed by atoms with E-state index in [9.17, 15) is 10.1 Å². The van der Waals surface area contributed by atoms with Crippen LogP contribution in [0, 0.1) is 10.1 Å². The van der Waals surface area contributed by atoms with Crippen molar-refractivity contribution in [1.82, 2.24) is 0 Å². The molecule has 5 heteroatoms. The maximum absolute atomic E-state index is 11.1. The topological polar surface area (TPSA) is 47.0 Å². The van der Waals surface area contributed by atoms with Gasteiger partial charge in [-0.3, -0.25) is 10.1 Å². The number of nitro groups is 1. The minimum atomic E-state index is -0.394. The molecule has 0 spiro atoms. The number of pyridine rings is 1. The molecule has 4 nitrogen and oxygen atoms in total. The van der Waals surface area contributed by atoms with Crippen LogP contribution in [0.1, 0.15) is 11.3 Å². The van der Waals surface area contributed by atoms with E-state index >= 15 is 0 Å². The van der Waals surface area contributed by atoms with Gasteiger partial charge in [-0.15, -0.1) is 0 Å². The van der Waals surface area contributed by atoms with Gasteiger partial charge < -0.3 is 0 Å². The number of nitrogens with zero attached hydrogens (tertiary/aromatic N) is 2. The number of hydrogen-bond donors (Lipinski definition) is 0. The van der Waals surface area contributed by atoms with E-state index in [2.05, 4.69) is 45.3 Å². The second kappa shape index (κ2) is 7.40. The predicted octanol–water partition coefficient (Wildman–Crippen LogP) is 5.15. The number of benzene rings is 2. The summed E-state index contributed by atoms with van der Waals surface area (Å²) in [6.07, 6.45) is 5.69. The highest BCUT2D eigenvalue weighted by Crippen LogP contribution is 2.26. The third kappa shape index (κ3) is 3.67. The van der Waals surface area contributed by atoms with E-state index in [0.717, 1.165) is 22.2 Å². The summed E-state index contributed by atoms with van der Waals surface area (Å²) < 4.78 is 2.63. The molecule has 0 N–H and O–H groups in total. The minimum Gasteiger partial charge on any atom is -0.258 e. The van der Waals surface area contributed by atoms with Crippen molar-refractivity contribution in [2.24, 2.45) is 0 Å². The van der Waals surface area contributed by atoms with Crippen molar-refractivity contribution >= 4 is 44.7 Å². The lowest BCUT2D eigenvalue weighted by Gasteiger charge is -2.03. The Morgan fingerprint density at radius 3 is 2.68 bits per heavy atom. The van der Waals surface area contributed by atoms with E-state index in [4.69, 9.17) is 0 Å². The van der Waals surface area contributed by atoms with Gasteiger partial charge >= 0.3 is 0 Å². The van der Waals surface area contributed by atoms with Crippen molar-refractivity contribution in [3.63, 3.8) is 0 Å². The number of rotatable bonds is 5. The first-order chi connectivity index (χ1) is 12.1. The summed E-state index contributed by atoms with van der Waals surface area (Å²) in [6, 6.07) is 17.3. The van der Waals surface area contributed by atoms with Crippen LogP contribution in [0.25, 0.3) is 23.1 Å². The van der Waals surface area contributed by atoms with Gasteiger partial charge in [-0.2, -0.15) is 4.57 Å². The smallest absolute Gasteiger partial charge is 0.258 e. The molecule has 0 bridgehead atoms. The second-order valence-electron chi connectivity index (χ2n) is 5.52. The van der Waals surface area contributed by atoms with Crippen LogP contribution in [-0.4, -0.2) is 4.92 Å². The number of fused-ring (bicyclic) bond motifs is 1. The van der Waals surface area contributed by atoms with Crippen molar-refractivity contribution in [1.29, 1.82) is 0 Å². The van der Waals surface area contributed by atoms with Crippen LogP contribution in [0.15, 0.2) is 71.7 Å². The van der Waals surface area contributed by atoms with Gasteiger partial charge in [0.1, 0.15) is 0 Å². The highest BCUT2D eigenvalue weighted by Gasteiger charge is 2.13. The Kier molecular flexibility index (Phi) is 5.05. The normalized spacial score (nSPS) is 11.1. The number of hydrogen-bond acceptors (Lipinski definition) is 2. The van der Waals surface area contributed by atoms with E-state index in [1.807, 2.05) is 42.5 Å². The summed E-state index contributed by atoms with van der Waals surface area (Å²) in [4.78, 5) is 10.7. The van der Waals surface area contributed by atoms with E-state index < -0.39 is 4.92 Å². The molecule has 25 heavy (non-hydrogen) atoms. The van der Waals surface area contributed by atoms with Gasteiger partial charge in [0, 0.05) is 29.7 Å². The number of nitro benzene ring substituents is 1. The van der Waals surface area contributed by atoms with Gasteiger partial charge in [0.15, 0.2) is 6.54 Å². The lowest BCUT2D eigenvalue weighted by molar-refractivity contribution is -0.662. The van der Waals surface area contributed by atoms with Gasteiger partial charge in [-0.1, -0.05) is 24.8 Å². The average molecular weight is 396 g/mol. The van der Waals surface area contributed by atoms with Crippen LogP contribution >= 0.6 is 15.9 Å². The standard InChI is InChI=1S/C20H16BrN2O2/c1-2-13-22-17(11-9-16-5-3-4-6-19(16)22)10-7-15-8-12-18(21)20(14-15)23(24)25/h2-12,14H,1,13H2/q+1/b10-7+. The predicted molar refractivity (Wildman–Crippen MR) is 104 cm³/mol. The molecule has 0 unspecified atom stereocenters. The number of allylic oxidation sites excluding steroid dienone is 1. The van der Waals surface area contributed by atoms with Crippen molar-refractivity contribution in [2.45, 2.75) is 6.54 Å². The van der Waals surface area contributed by atoms with E-state index in [0.29, 0.717) is 11.0 Å². The van der Waals surface area contributed by atoms with Crippen LogP contribution in [0.4, 0.5) is 5.69 Å². The van der Waals surface area contributed by atoms with Crippen molar-refractivity contribution in [3.05, 3.63) is 93.1 Å². The van der Waals surface area contributed by atoms with Crippen LogP contribution in [0.2, 0.25) is 0 Å². The summed E-state index contributed by atoms with van der Waals surface area (Å²) >= 11 is 3.21. The van der Waals surface area contributed by atoms with Gasteiger partial charge in [0.05, 0.1) is 9.40 Å². The van der Waals surface area contributed by atoms with Gasteiger partial charge in [-0.05, 0) is 51.8 Å². The molecule has 0 aliphatic carbocycles. The molecule has 0 saturated heterocycles. The molecular weight excluding hydrogens is 380 g/mol. The number of halogens is 1. The molecule has 0 atom stereocenters. The molecule has 0 amide bonds. The summed E-state index contributed by atoms with van der Waals surface area (Å²) in [5.41, 5.74) is 2.95. The Morgan fingerprint density at radius 2 is 1.92 bits per heavy atom. The summed E-state index contributed by atoms with van der Waals surface area (Å²) in [7, 11) is 0. The first-order valence-electron chi connectivity index (χ1n) is 7.74. The fourth-order valence-corrected chi connectivity index (χ4v) is 3.10. The summed E-state index contributed by atoms with van der Waals surface area (Å²) in [5, 5.41) is 12.2. The maximum Gasteiger partial charge on any atom is 0.284 e. The van der Waals surface area contributed by atoms with E-state index in [1.54, 1.807) is 12.1 Å². The van der Waals surface area contributed by atoms with Crippen LogP contribution in [0.3, 0.4) is 0 Å². The SMILES string of the molecule is C=CC[n+]1c(/C=C/c2ccc(Br)c([N+](=O)[O-])c2)ccc2ccccc21. The molecule has 3 aromatic rings. The molecule has 124 valence electrons. The molecule has 2 aromatic carbocycles. The highest BCUT2D eigenvalue weighted by molar-refractivity contribution is 9.10. The first kappa shape index (κ1) is 17.0. The van der Waals surface area contributed by atoms with Crippen molar-refractivity contribution in [3.8, 4) is 0 Å². The number of para-hydroxylation sites is 1. The Balaban J connectivity index is 2.04. The highest BCUT2D eigenvalue weighted by atomic mass is 79.9. The molecular formula is C20H16BrN2O2+. The fourth-order valence-electron chi connectivity index (χ4n) is 2.71. The van der Waals surface area contributed by atoms with Crippen LogP contribution in [-0.2, 0) is 6.54 Å². The van der Waals surface area contributed by atoms with Gasteiger partial charge in [-0.25, -0.2) is 0 Å². The summed E-state index contributed by atoms with van der Waals surface area (Å²) in [6.45, 7) is 4.52. The molecule has 3 rings (SSSR count). The van der Waals surface area contributed by atoms with E-state index in [-0.39, 0.29) is 5.69 Å². The molecule has 0 saturated carbocycles. The molecule has 0 aliphatic heterocycles. The Morgan fingerprint density at radius 1 is 1.12 bits per heavy atom. The summed E-state index contributed by atoms with van der Waals surface area (Å²) in [5.74, 6) is 0.